The summed E-state index contributed by atoms with van der Waals surface area (Å²) in [6.07, 6.45) is 2.53. The average molecular weight is 258 g/mol. The molecule has 1 unspecified atom stereocenters. The predicted molar refractivity (Wildman–Crippen MR) is 71.4 cm³/mol. The smallest absolute Gasteiger partial charge is 0.213 e. The van der Waals surface area contributed by atoms with Crippen LogP contribution in [-0.4, -0.2) is 34.7 Å². The Morgan fingerprint density at radius 3 is 3.00 bits per heavy atom. The molecule has 2 aromatic rings. The van der Waals surface area contributed by atoms with Gasteiger partial charge in [0, 0.05) is 12.6 Å². The molecule has 0 amide bonds. The molecule has 1 aromatic heterocycles. The number of benzene rings is 1. The molecule has 3 rings (SSSR count). The zero-order chi connectivity index (χ0) is 12.9. The molecule has 19 heavy (non-hydrogen) atoms. The van der Waals surface area contributed by atoms with Crippen molar-refractivity contribution in [2.75, 3.05) is 19.6 Å². The predicted octanol–water partition coefficient (Wildman–Crippen LogP) is 1.61. The molecule has 2 heterocycles. The van der Waals surface area contributed by atoms with Crippen molar-refractivity contribution >= 4 is 0 Å². The van der Waals surface area contributed by atoms with Gasteiger partial charge in [0.05, 0.1) is 6.54 Å². The molecule has 1 saturated heterocycles. The molecule has 5 heteroatoms. The van der Waals surface area contributed by atoms with Crippen LogP contribution in [0, 0.1) is 0 Å². The van der Waals surface area contributed by atoms with Crippen LogP contribution in [0.3, 0.4) is 0 Å². The minimum absolute atomic E-state index is 0.371. The lowest BCUT2D eigenvalue weighted by atomic mass is 10.1. The molecule has 1 atom stereocenters. The Hall–Kier alpha value is -1.72. The lowest BCUT2D eigenvalue weighted by Crippen LogP contribution is -2.31. The first-order valence-electron chi connectivity index (χ1n) is 6.68. The second kappa shape index (κ2) is 5.95. The van der Waals surface area contributed by atoms with Gasteiger partial charge in [-0.1, -0.05) is 35.5 Å². The van der Waals surface area contributed by atoms with Gasteiger partial charge in [0.15, 0.2) is 5.82 Å². The van der Waals surface area contributed by atoms with Crippen LogP contribution in [0.2, 0.25) is 0 Å². The van der Waals surface area contributed by atoms with E-state index in [0.29, 0.717) is 6.04 Å². The van der Waals surface area contributed by atoms with Gasteiger partial charge in [-0.3, -0.25) is 4.90 Å². The Kier molecular flexibility index (Phi) is 3.86. The van der Waals surface area contributed by atoms with Gasteiger partial charge in [0.25, 0.3) is 0 Å². The van der Waals surface area contributed by atoms with Crippen LogP contribution >= 0.6 is 0 Å². The molecule has 5 nitrogen and oxygen atoms in total. The van der Waals surface area contributed by atoms with Crippen molar-refractivity contribution in [3.63, 3.8) is 0 Å². The van der Waals surface area contributed by atoms with Crippen molar-refractivity contribution in [2.45, 2.75) is 19.0 Å². The molecule has 0 bridgehead atoms. The van der Waals surface area contributed by atoms with Crippen molar-refractivity contribution in [3.8, 4) is 0 Å². The van der Waals surface area contributed by atoms with Gasteiger partial charge in [-0.25, -0.2) is 0 Å². The molecular weight excluding hydrogens is 240 g/mol. The van der Waals surface area contributed by atoms with Crippen LogP contribution in [0.4, 0.5) is 0 Å². The van der Waals surface area contributed by atoms with Crippen molar-refractivity contribution in [2.24, 2.45) is 0 Å². The van der Waals surface area contributed by atoms with E-state index in [2.05, 4.69) is 50.7 Å². The Morgan fingerprint density at radius 1 is 1.32 bits per heavy atom. The van der Waals surface area contributed by atoms with E-state index in [1.54, 1.807) is 0 Å². The quantitative estimate of drug-likeness (QED) is 0.906. The second-order valence-corrected chi connectivity index (χ2v) is 4.85. The zero-order valence-electron chi connectivity index (χ0n) is 10.8. The van der Waals surface area contributed by atoms with E-state index in [1.165, 1.54) is 12.0 Å². The Morgan fingerprint density at radius 2 is 2.21 bits per heavy atom. The van der Waals surface area contributed by atoms with Crippen LogP contribution < -0.4 is 5.32 Å². The van der Waals surface area contributed by atoms with Gasteiger partial charge in [-0.05, 0) is 25.1 Å². The van der Waals surface area contributed by atoms with E-state index in [9.17, 15) is 0 Å². The molecule has 0 aliphatic carbocycles. The number of hydrogen-bond acceptors (Lipinski definition) is 5. The first kappa shape index (κ1) is 12.3. The molecule has 1 aromatic carbocycles. The first-order valence-corrected chi connectivity index (χ1v) is 6.68. The van der Waals surface area contributed by atoms with Gasteiger partial charge in [-0.2, -0.15) is 4.98 Å². The third kappa shape index (κ3) is 3.19. The number of nitrogens with zero attached hydrogens (tertiary/aromatic N) is 3. The Balaban J connectivity index is 1.69. The fraction of sp³-hybridized carbons (Fsp3) is 0.429. The summed E-state index contributed by atoms with van der Waals surface area (Å²) >= 11 is 0. The van der Waals surface area contributed by atoms with Crippen LogP contribution in [0.1, 0.15) is 23.9 Å². The standard InChI is InChI=1S/C14H18N4O/c1-2-5-12(6-3-1)13-9-18(8-4-7-15-13)10-14-16-11-19-17-14/h1-3,5-6,11,13,15H,4,7-10H2. The van der Waals surface area contributed by atoms with Gasteiger partial charge < -0.3 is 9.84 Å². The summed E-state index contributed by atoms with van der Waals surface area (Å²) in [7, 11) is 0. The topological polar surface area (TPSA) is 54.2 Å². The second-order valence-electron chi connectivity index (χ2n) is 4.85. The van der Waals surface area contributed by atoms with Gasteiger partial charge in [0.2, 0.25) is 6.39 Å². The highest BCUT2D eigenvalue weighted by atomic mass is 16.5. The van der Waals surface area contributed by atoms with E-state index in [1.807, 2.05) is 0 Å². The minimum Gasteiger partial charge on any atom is -0.343 e. The van der Waals surface area contributed by atoms with Crippen molar-refractivity contribution < 1.29 is 4.52 Å². The Labute approximate surface area is 112 Å². The average Bonchev–Trinajstić information content (AvgIpc) is 2.84. The number of aromatic nitrogens is 2. The minimum atomic E-state index is 0.371. The highest BCUT2D eigenvalue weighted by Crippen LogP contribution is 2.17. The molecule has 1 aliphatic heterocycles. The van der Waals surface area contributed by atoms with Crippen LogP contribution in [-0.2, 0) is 6.54 Å². The van der Waals surface area contributed by atoms with Crippen molar-refractivity contribution in [1.82, 2.24) is 20.4 Å². The molecule has 0 radical (unpaired) electrons. The van der Waals surface area contributed by atoms with E-state index in [4.69, 9.17) is 4.52 Å². The number of nitrogens with one attached hydrogen (secondary N) is 1. The molecule has 100 valence electrons. The molecular formula is C14H18N4O. The van der Waals surface area contributed by atoms with Crippen LogP contribution in [0.15, 0.2) is 41.2 Å². The van der Waals surface area contributed by atoms with Crippen molar-refractivity contribution in [1.29, 1.82) is 0 Å². The van der Waals surface area contributed by atoms with Crippen molar-refractivity contribution in [3.05, 3.63) is 48.1 Å². The highest BCUT2D eigenvalue weighted by molar-refractivity contribution is 5.19. The fourth-order valence-corrected chi connectivity index (χ4v) is 2.51. The van der Waals surface area contributed by atoms with E-state index < -0.39 is 0 Å². The zero-order valence-corrected chi connectivity index (χ0v) is 10.8. The number of rotatable bonds is 3. The fourth-order valence-electron chi connectivity index (χ4n) is 2.51. The monoisotopic (exact) mass is 258 g/mol. The first-order chi connectivity index (χ1) is 9.42. The molecule has 1 N–H and O–H groups in total. The Bertz CT molecular complexity index is 485. The maximum Gasteiger partial charge on any atom is 0.213 e. The van der Waals surface area contributed by atoms with E-state index in [-0.39, 0.29) is 0 Å². The molecule has 0 spiro atoms. The summed E-state index contributed by atoms with van der Waals surface area (Å²) in [5.41, 5.74) is 1.34. The summed E-state index contributed by atoms with van der Waals surface area (Å²) in [5.74, 6) is 0.758. The van der Waals surface area contributed by atoms with E-state index in [0.717, 1.165) is 38.4 Å². The van der Waals surface area contributed by atoms with Crippen LogP contribution in [0.5, 0.6) is 0 Å². The summed E-state index contributed by atoms with van der Waals surface area (Å²) in [6, 6.07) is 11.0. The highest BCUT2D eigenvalue weighted by Gasteiger charge is 2.19. The molecule has 0 saturated carbocycles. The van der Waals surface area contributed by atoms with Gasteiger partial charge in [0.1, 0.15) is 0 Å². The van der Waals surface area contributed by atoms with E-state index >= 15 is 0 Å². The lowest BCUT2D eigenvalue weighted by molar-refractivity contribution is 0.250. The van der Waals surface area contributed by atoms with Crippen LogP contribution in [0.25, 0.3) is 0 Å². The SMILES string of the molecule is c1ccc(C2CN(Cc3ncon3)CCCN2)cc1. The normalized spacial score (nSPS) is 21.2. The summed E-state index contributed by atoms with van der Waals surface area (Å²) in [4.78, 5) is 6.48. The summed E-state index contributed by atoms with van der Waals surface area (Å²) in [6.45, 7) is 3.83. The third-order valence-electron chi connectivity index (χ3n) is 3.46. The largest absolute Gasteiger partial charge is 0.343 e. The third-order valence-corrected chi connectivity index (χ3v) is 3.46. The maximum absolute atomic E-state index is 4.80. The maximum atomic E-state index is 4.80. The van der Waals surface area contributed by atoms with Gasteiger partial charge in [-0.15, -0.1) is 0 Å². The summed E-state index contributed by atoms with van der Waals surface area (Å²) < 4.78 is 4.80. The molecule has 1 fully saturated rings. The molecule has 1 aliphatic rings. The lowest BCUT2D eigenvalue weighted by Gasteiger charge is -2.23. The van der Waals surface area contributed by atoms with Gasteiger partial charge >= 0.3 is 0 Å². The summed E-state index contributed by atoms with van der Waals surface area (Å²) in [5, 5.41) is 7.49. The number of hydrogen-bond donors (Lipinski definition) is 1.